The van der Waals surface area contributed by atoms with Gasteiger partial charge in [-0.2, -0.15) is 0 Å². The van der Waals surface area contributed by atoms with Crippen LogP contribution in [0, 0.1) is 11.8 Å². The summed E-state index contributed by atoms with van der Waals surface area (Å²) in [7, 11) is 0. The molecule has 0 aromatic carbocycles. The maximum Gasteiger partial charge on any atom is 0.00388 e. The number of rotatable bonds is 7. The molecule has 1 nitrogen and oxygen atoms in total. The Morgan fingerprint density at radius 3 is 2.62 bits per heavy atom. The van der Waals surface area contributed by atoms with Gasteiger partial charge in [0.05, 0.1) is 0 Å². The van der Waals surface area contributed by atoms with E-state index in [1.165, 1.54) is 45.1 Å². The van der Waals surface area contributed by atoms with Crippen LogP contribution in [0.1, 0.15) is 59.3 Å². The van der Waals surface area contributed by atoms with Crippen molar-refractivity contribution in [3.8, 4) is 0 Å². The molecule has 1 N–H and O–H groups in total. The van der Waals surface area contributed by atoms with Gasteiger partial charge in [-0.15, -0.1) is 0 Å². The summed E-state index contributed by atoms with van der Waals surface area (Å²) in [5.74, 6) is 1.74. The molecule has 0 saturated heterocycles. The molecule has 0 saturated carbocycles. The van der Waals surface area contributed by atoms with Gasteiger partial charge in [0.25, 0.3) is 0 Å². The van der Waals surface area contributed by atoms with Crippen molar-refractivity contribution in [1.29, 1.82) is 0 Å². The van der Waals surface area contributed by atoms with E-state index in [0.717, 1.165) is 11.8 Å². The van der Waals surface area contributed by atoms with Crippen LogP contribution in [0.2, 0.25) is 0 Å². The van der Waals surface area contributed by atoms with Crippen LogP contribution in [0.25, 0.3) is 0 Å². The van der Waals surface area contributed by atoms with Gasteiger partial charge in [-0.25, -0.2) is 0 Å². The van der Waals surface area contributed by atoms with Gasteiger partial charge in [0.2, 0.25) is 0 Å². The normalized spacial score (nSPS) is 22.6. The van der Waals surface area contributed by atoms with E-state index in [2.05, 4.69) is 38.2 Å². The Hall–Kier alpha value is -0.300. The Balaban J connectivity index is 2.01. The molecule has 1 aliphatic rings. The van der Waals surface area contributed by atoms with Crippen molar-refractivity contribution >= 4 is 0 Å². The first kappa shape index (κ1) is 13.8. The zero-order valence-electron chi connectivity index (χ0n) is 11.3. The van der Waals surface area contributed by atoms with Crippen LogP contribution in [0.3, 0.4) is 0 Å². The van der Waals surface area contributed by atoms with Crippen LogP contribution < -0.4 is 5.32 Å². The lowest BCUT2D eigenvalue weighted by Crippen LogP contribution is -2.31. The fraction of sp³-hybridized carbons (Fsp3) is 0.867. The molecule has 94 valence electrons. The lowest BCUT2D eigenvalue weighted by molar-refractivity contribution is 0.390. The average molecular weight is 223 g/mol. The predicted octanol–water partition coefficient (Wildman–Crippen LogP) is 4.15. The van der Waals surface area contributed by atoms with Crippen LogP contribution in [0.5, 0.6) is 0 Å². The Kier molecular flexibility index (Phi) is 6.79. The molecule has 0 radical (unpaired) electrons. The second kappa shape index (κ2) is 7.89. The summed E-state index contributed by atoms with van der Waals surface area (Å²) >= 11 is 0. The van der Waals surface area contributed by atoms with Crippen molar-refractivity contribution in [2.24, 2.45) is 11.8 Å². The molecule has 0 amide bonds. The highest BCUT2D eigenvalue weighted by atomic mass is 14.9. The second-order valence-electron chi connectivity index (χ2n) is 5.78. The van der Waals surface area contributed by atoms with Crippen molar-refractivity contribution in [2.75, 3.05) is 6.54 Å². The molecule has 2 atom stereocenters. The summed E-state index contributed by atoms with van der Waals surface area (Å²) in [6.45, 7) is 8.17. The van der Waals surface area contributed by atoms with Gasteiger partial charge in [0.15, 0.2) is 0 Å². The Labute approximate surface area is 102 Å². The predicted molar refractivity (Wildman–Crippen MR) is 72.6 cm³/mol. The molecule has 0 spiro atoms. The molecule has 0 fully saturated rings. The summed E-state index contributed by atoms with van der Waals surface area (Å²) in [4.78, 5) is 0. The molecule has 2 unspecified atom stereocenters. The Morgan fingerprint density at radius 2 is 2.00 bits per heavy atom. The zero-order valence-corrected chi connectivity index (χ0v) is 11.3. The molecule has 0 heterocycles. The van der Waals surface area contributed by atoms with Crippen molar-refractivity contribution in [2.45, 2.75) is 65.3 Å². The second-order valence-corrected chi connectivity index (χ2v) is 5.78. The maximum absolute atomic E-state index is 3.69. The molecular weight excluding hydrogens is 194 g/mol. The highest BCUT2D eigenvalue weighted by Gasteiger charge is 2.10. The maximum atomic E-state index is 3.69. The van der Waals surface area contributed by atoms with Gasteiger partial charge in [-0.05, 0) is 51.0 Å². The molecule has 0 aromatic heterocycles. The zero-order chi connectivity index (χ0) is 11.8. The minimum Gasteiger partial charge on any atom is -0.314 e. The molecule has 1 heteroatoms. The quantitative estimate of drug-likeness (QED) is 0.639. The van der Waals surface area contributed by atoms with Crippen LogP contribution in [-0.4, -0.2) is 12.6 Å². The highest BCUT2D eigenvalue weighted by Crippen LogP contribution is 2.17. The molecule has 0 aromatic rings. The first-order valence-corrected chi connectivity index (χ1v) is 7.07. The van der Waals surface area contributed by atoms with Gasteiger partial charge in [0.1, 0.15) is 0 Å². The van der Waals surface area contributed by atoms with E-state index in [0.29, 0.717) is 6.04 Å². The van der Waals surface area contributed by atoms with Crippen molar-refractivity contribution in [3.05, 3.63) is 12.2 Å². The van der Waals surface area contributed by atoms with E-state index in [-0.39, 0.29) is 0 Å². The van der Waals surface area contributed by atoms with Gasteiger partial charge in [0, 0.05) is 6.04 Å². The van der Waals surface area contributed by atoms with Gasteiger partial charge in [-0.3, -0.25) is 0 Å². The number of nitrogens with one attached hydrogen (secondary N) is 1. The first-order valence-electron chi connectivity index (χ1n) is 7.07. The van der Waals surface area contributed by atoms with Crippen molar-refractivity contribution in [1.82, 2.24) is 5.32 Å². The standard InChI is InChI=1S/C15H29N/c1-13(2)8-7-9-14(3)16-12-15-10-5-4-6-11-15/h4-5,13-16H,6-12H2,1-3H3. The first-order chi connectivity index (χ1) is 7.68. The fourth-order valence-electron chi connectivity index (χ4n) is 2.34. The van der Waals surface area contributed by atoms with E-state index in [1.54, 1.807) is 0 Å². The molecule has 1 aliphatic carbocycles. The van der Waals surface area contributed by atoms with Crippen LogP contribution >= 0.6 is 0 Å². The lowest BCUT2D eigenvalue weighted by Gasteiger charge is -2.21. The van der Waals surface area contributed by atoms with Crippen LogP contribution in [0.15, 0.2) is 12.2 Å². The number of hydrogen-bond acceptors (Lipinski definition) is 1. The third kappa shape index (κ3) is 6.32. The monoisotopic (exact) mass is 223 g/mol. The summed E-state index contributed by atoms with van der Waals surface area (Å²) in [6, 6.07) is 0.699. The molecule has 16 heavy (non-hydrogen) atoms. The van der Waals surface area contributed by atoms with Gasteiger partial charge < -0.3 is 5.32 Å². The van der Waals surface area contributed by atoms with E-state index in [9.17, 15) is 0 Å². The van der Waals surface area contributed by atoms with Crippen LogP contribution in [0.4, 0.5) is 0 Å². The van der Waals surface area contributed by atoms with Gasteiger partial charge in [-0.1, -0.05) is 38.8 Å². The van der Waals surface area contributed by atoms with E-state index >= 15 is 0 Å². The fourth-order valence-corrected chi connectivity index (χ4v) is 2.34. The van der Waals surface area contributed by atoms with E-state index < -0.39 is 0 Å². The summed E-state index contributed by atoms with van der Waals surface area (Å²) < 4.78 is 0. The largest absolute Gasteiger partial charge is 0.314 e. The van der Waals surface area contributed by atoms with E-state index in [1.807, 2.05) is 0 Å². The minimum absolute atomic E-state index is 0.699. The topological polar surface area (TPSA) is 12.0 Å². The molecule has 1 rings (SSSR count). The average Bonchev–Trinajstić information content (AvgIpc) is 2.27. The minimum atomic E-state index is 0.699. The van der Waals surface area contributed by atoms with Crippen molar-refractivity contribution < 1.29 is 0 Å². The Morgan fingerprint density at radius 1 is 1.19 bits per heavy atom. The van der Waals surface area contributed by atoms with E-state index in [4.69, 9.17) is 0 Å². The lowest BCUT2D eigenvalue weighted by atomic mass is 9.94. The molecular formula is C15H29N. The highest BCUT2D eigenvalue weighted by molar-refractivity contribution is 4.90. The SMILES string of the molecule is CC(C)CCCC(C)NCC1CC=CCC1. The van der Waals surface area contributed by atoms with Gasteiger partial charge >= 0.3 is 0 Å². The smallest absolute Gasteiger partial charge is 0.00388 e. The van der Waals surface area contributed by atoms with Crippen LogP contribution in [-0.2, 0) is 0 Å². The van der Waals surface area contributed by atoms with Crippen molar-refractivity contribution in [3.63, 3.8) is 0 Å². The third-order valence-electron chi connectivity index (χ3n) is 3.55. The summed E-state index contributed by atoms with van der Waals surface area (Å²) in [6.07, 6.45) is 12.7. The Bertz CT molecular complexity index is 196. The molecule has 0 aliphatic heterocycles. The number of hydrogen-bond donors (Lipinski definition) is 1. The summed E-state index contributed by atoms with van der Waals surface area (Å²) in [5, 5.41) is 3.69. The molecule has 0 bridgehead atoms. The number of allylic oxidation sites excluding steroid dienone is 2. The summed E-state index contributed by atoms with van der Waals surface area (Å²) in [5.41, 5.74) is 0. The third-order valence-corrected chi connectivity index (χ3v) is 3.55.